The summed E-state index contributed by atoms with van der Waals surface area (Å²) in [6.07, 6.45) is 0.745. The Hall–Kier alpha value is -1.75. The lowest BCUT2D eigenvalue weighted by Crippen LogP contribution is -2.39. The molecule has 0 radical (unpaired) electrons. The van der Waals surface area contributed by atoms with Gasteiger partial charge in [0.15, 0.2) is 0 Å². The fourth-order valence-electron chi connectivity index (χ4n) is 2.90. The zero-order chi connectivity index (χ0) is 17.9. The van der Waals surface area contributed by atoms with Crippen LogP contribution in [0.1, 0.15) is 45.7 Å². The van der Waals surface area contributed by atoms with Crippen molar-refractivity contribution in [2.45, 2.75) is 51.8 Å². The second-order valence-corrected chi connectivity index (χ2v) is 7.79. The maximum Gasteiger partial charge on any atom is 0.410 e. The van der Waals surface area contributed by atoms with Gasteiger partial charge in [-0.15, -0.1) is 0 Å². The van der Waals surface area contributed by atoms with Gasteiger partial charge < -0.3 is 19.9 Å². The Bertz CT molecular complexity index is 549. The van der Waals surface area contributed by atoms with Crippen LogP contribution < -0.4 is 10.2 Å². The summed E-state index contributed by atoms with van der Waals surface area (Å²) < 4.78 is 5.45. The highest BCUT2D eigenvalue weighted by Gasteiger charge is 2.30. The number of nitrogens with zero attached hydrogens (tertiary/aromatic N) is 2. The standard InChI is InChI=1S/C19H31N3O2/c1-14(15-7-9-17(10-8-15)21(5)6)20-16-11-12-22(13-16)18(23)24-19(2,3)4/h7-10,14,16,20H,11-13H2,1-6H3/t14-,16-/m0/s1. The molecule has 0 aromatic heterocycles. The molecule has 1 saturated heterocycles. The summed E-state index contributed by atoms with van der Waals surface area (Å²) in [7, 11) is 4.08. The Morgan fingerprint density at radius 3 is 2.46 bits per heavy atom. The van der Waals surface area contributed by atoms with E-state index in [4.69, 9.17) is 4.74 Å². The fraction of sp³-hybridized carbons (Fsp3) is 0.632. The Balaban J connectivity index is 1.87. The zero-order valence-corrected chi connectivity index (χ0v) is 15.8. The summed E-state index contributed by atoms with van der Waals surface area (Å²) in [6.45, 7) is 9.32. The van der Waals surface area contributed by atoms with Crippen LogP contribution in [0.3, 0.4) is 0 Å². The van der Waals surface area contributed by atoms with Gasteiger partial charge in [0.05, 0.1) is 0 Å². The van der Waals surface area contributed by atoms with Crippen LogP contribution in [0.4, 0.5) is 10.5 Å². The van der Waals surface area contributed by atoms with Crippen molar-refractivity contribution in [3.8, 4) is 0 Å². The third-order valence-electron chi connectivity index (χ3n) is 4.24. The highest BCUT2D eigenvalue weighted by atomic mass is 16.6. The molecule has 1 aromatic rings. The number of ether oxygens (including phenoxy) is 1. The van der Waals surface area contributed by atoms with E-state index in [1.54, 1.807) is 4.90 Å². The van der Waals surface area contributed by atoms with Crippen LogP contribution in [-0.2, 0) is 4.74 Å². The van der Waals surface area contributed by atoms with E-state index < -0.39 is 5.60 Å². The van der Waals surface area contributed by atoms with E-state index in [9.17, 15) is 4.79 Å². The Morgan fingerprint density at radius 2 is 1.92 bits per heavy atom. The quantitative estimate of drug-likeness (QED) is 0.917. The van der Waals surface area contributed by atoms with Crippen molar-refractivity contribution in [2.75, 3.05) is 32.1 Å². The molecule has 2 rings (SSSR count). The lowest BCUT2D eigenvalue weighted by molar-refractivity contribution is 0.0290. The van der Waals surface area contributed by atoms with E-state index in [1.165, 1.54) is 11.3 Å². The Morgan fingerprint density at radius 1 is 1.29 bits per heavy atom. The number of carbonyl (C=O) groups excluding carboxylic acids is 1. The molecule has 24 heavy (non-hydrogen) atoms. The van der Waals surface area contributed by atoms with E-state index in [0.717, 1.165) is 13.0 Å². The fourth-order valence-corrected chi connectivity index (χ4v) is 2.90. The summed E-state index contributed by atoms with van der Waals surface area (Å²) in [5.41, 5.74) is 2.02. The number of anilines is 1. The molecule has 5 nitrogen and oxygen atoms in total. The summed E-state index contributed by atoms with van der Waals surface area (Å²) in [5, 5.41) is 3.63. The second kappa shape index (κ2) is 7.43. The maximum atomic E-state index is 12.1. The van der Waals surface area contributed by atoms with Gasteiger partial charge in [0.1, 0.15) is 5.60 Å². The molecule has 0 aliphatic carbocycles. The minimum absolute atomic E-state index is 0.213. The molecule has 134 valence electrons. The molecule has 2 atom stereocenters. The van der Waals surface area contributed by atoms with Crippen LogP contribution in [0.2, 0.25) is 0 Å². The van der Waals surface area contributed by atoms with Gasteiger partial charge >= 0.3 is 6.09 Å². The number of hydrogen-bond acceptors (Lipinski definition) is 4. The summed E-state index contributed by atoms with van der Waals surface area (Å²) in [4.78, 5) is 16.0. The molecule has 1 aliphatic heterocycles. The molecule has 0 spiro atoms. The van der Waals surface area contributed by atoms with Crippen molar-refractivity contribution < 1.29 is 9.53 Å². The third-order valence-corrected chi connectivity index (χ3v) is 4.24. The van der Waals surface area contributed by atoms with E-state index in [-0.39, 0.29) is 12.1 Å². The lowest BCUT2D eigenvalue weighted by atomic mass is 10.1. The van der Waals surface area contributed by atoms with Crippen molar-refractivity contribution in [2.24, 2.45) is 0 Å². The third kappa shape index (κ3) is 5.13. The maximum absolute atomic E-state index is 12.1. The number of hydrogen-bond donors (Lipinski definition) is 1. The number of amides is 1. The predicted molar refractivity (Wildman–Crippen MR) is 98.5 cm³/mol. The predicted octanol–water partition coefficient (Wildman–Crippen LogP) is 3.41. The second-order valence-electron chi connectivity index (χ2n) is 7.79. The van der Waals surface area contributed by atoms with Gasteiger partial charge in [0.25, 0.3) is 0 Å². The average molecular weight is 333 g/mol. The van der Waals surface area contributed by atoms with Crippen LogP contribution in [0, 0.1) is 0 Å². The van der Waals surface area contributed by atoms with Gasteiger partial charge in [0, 0.05) is 45.0 Å². The van der Waals surface area contributed by atoms with E-state index in [2.05, 4.69) is 41.4 Å². The summed E-state index contributed by atoms with van der Waals surface area (Å²) in [5.74, 6) is 0. The van der Waals surface area contributed by atoms with E-state index in [0.29, 0.717) is 12.6 Å². The summed E-state index contributed by atoms with van der Waals surface area (Å²) >= 11 is 0. The van der Waals surface area contributed by atoms with Gasteiger partial charge in [-0.1, -0.05) is 12.1 Å². The average Bonchev–Trinajstić information content (AvgIpc) is 2.94. The number of benzene rings is 1. The Labute approximate surface area is 146 Å². The topological polar surface area (TPSA) is 44.8 Å². The molecular formula is C19H31N3O2. The molecule has 1 amide bonds. The smallest absolute Gasteiger partial charge is 0.410 e. The van der Waals surface area contributed by atoms with Gasteiger partial charge in [-0.2, -0.15) is 0 Å². The van der Waals surface area contributed by atoms with Crippen LogP contribution in [0.25, 0.3) is 0 Å². The van der Waals surface area contributed by atoms with Gasteiger partial charge in [-0.25, -0.2) is 4.79 Å². The molecule has 1 aromatic carbocycles. The molecule has 0 saturated carbocycles. The minimum atomic E-state index is -0.440. The van der Waals surface area contributed by atoms with Crippen molar-refractivity contribution >= 4 is 11.8 Å². The first-order chi connectivity index (χ1) is 11.2. The Kier molecular flexibility index (Phi) is 5.75. The monoisotopic (exact) mass is 333 g/mol. The SMILES string of the molecule is C[C@H](N[C@H]1CCN(C(=O)OC(C)(C)C)C1)c1ccc(N(C)C)cc1. The molecule has 5 heteroatoms. The minimum Gasteiger partial charge on any atom is -0.444 e. The largest absolute Gasteiger partial charge is 0.444 e. The normalized spacial score (nSPS) is 19.2. The molecule has 1 aliphatic rings. The number of likely N-dealkylation sites (tertiary alicyclic amines) is 1. The van der Waals surface area contributed by atoms with Gasteiger partial charge in [-0.05, 0) is 51.8 Å². The van der Waals surface area contributed by atoms with Crippen LogP contribution in [-0.4, -0.2) is 49.8 Å². The molecule has 0 unspecified atom stereocenters. The first-order valence-corrected chi connectivity index (χ1v) is 8.67. The van der Waals surface area contributed by atoms with Crippen LogP contribution >= 0.6 is 0 Å². The zero-order valence-electron chi connectivity index (χ0n) is 15.8. The first kappa shape index (κ1) is 18.6. The number of rotatable bonds is 4. The molecular weight excluding hydrogens is 302 g/mol. The van der Waals surface area contributed by atoms with E-state index in [1.807, 2.05) is 34.9 Å². The van der Waals surface area contributed by atoms with Crippen LogP contribution in [0.15, 0.2) is 24.3 Å². The molecule has 1 heterocycles. The number of nitrogens with one attached hydrogen (secondary N) is 1. The lowest BCUT2D eigenvalue weighted by Gasteiger charge is -2.25. The highest BCUT2D eigenvalue weighted by Crippen LogP contribution is 2.21. The highest BCUT2D eigenvalue weighted by molar-refractivity contribution is 5.68. The summed E-state index contributed by atoms with van der Waals surface area (Å²) in [6, 6.07) is 9.15. The molecule has 1 fully saturated rings. The van der Waals surface area contributed by atoms with Crippen molar-refractivity contribution in [3.63, 3.8) is 0 Å². The van der Waals surface area contributed by atoms with Crippen molar-refractivity contribution in [1.29, 1.82) is 0 Å². The van der Waals surface area contributed by atoms with Crippen LogP contribution in [0.5, 0.6) is 0 Å². The number of carbonyl (C=O) groups is 1. The van der Waals surface area contributed by atoms with Gasteiger partial charge in [-0.3, -0.25) is 0 Å². The van der Waals surface area contributed by atoms with Gasteiger partial charge in [0.2, 0.25) is 0 Å². The molecule has 0 bridgehead atoms. The molecule has 1 N–H and O–H groups in total. The van der Waals surface area contributed by atoms with Crippen molar-refractivity contribution in [3.05, 3.63) is 29.8 Å². The van der Waals surface area contributed by atoms with Crippen molar-refractivity contribution in [1.82, 2.24) is 10.2 Å². The van der Waals surface area contributed by atoms with E-state index >= 15 is 0 Å². The first-order valence-electron chi connectivity index (χ1n) is 8.67.